The number of hydrogen-bond acceptors (Lipinski definition) is 1. The minimum absolute atomic E-state index is 0. The largest absolute Gasteiger partial charge is 0 e. The molecule has 2 rings (SSSR count). The van der Waals surface area contributed by atoms with Gasteiger partial charge in [0.15, 0.2) is 0 Å². The van der Waals surface area contributed by atoms with Crippen molar-refractivity contribution >= 4 is 47.3 Å². The second-order valence-corrected chi connectivity index (χ2v) is 9.89. The Morgan fingerprint density at radius 3 is 0.960 bits per heavy atom. The molecule has 131 valence electrons. The molecular weight excluding hydrogens is 540 g/mol. The Kier molecular flexibility index (Phi) is 35.9. The topological polar surface area (TPSA) is 23.8 Å². The predicted molar refractivity (Wildman–Crippen MR) is 104 cm³/mol. The summed E-state index contributed by atoms with van der Waals surface area (Å²) < 4.78 is 0. The molecular formula is C17H22Cl2CuNSi2Zn2+. The smallest absolute Gasteiger partial charge is 0 e. The van der Waals surface area contributed by atoms with Gasteiger partial charge in [0.2, 0.25) is 0 Å². The van der Waals surface area contributed by atoms with Crippen LogP contribution in [0.1, 0.15) is 0 Å². The Bertz CT molecular complexity index is 446. The van der Waals surface area contributed by atoms with Crippen molar-refractivity contribution in [2.45, 2.75) is 26.2 Å². The third-order valence-electron chi connectivity index (χ3n) is 2.70. The number of halogens is 2. The zero-order valence-corrected chi connectivity index (χ0v) is 25.6. The van der Waals surface area contributed by atoms with Crippen LogP contribution in [-0.4, -0.2) is 17.6 Å². The maximum Gasteiger partial charge on any atom is 0 e. The van der Waals surface area contributed by atoms with Crippen molar-refractivity contribution in [3.63, 3.8) is 0 Å². The quantitative estimate of drug-likeness (QED) is 0.383. The SMILES string of the molecule is C[Si](C)c1ccccc1.C[Si](C)c1ccccc1.[C-]#N.[Cl][Zn+].[Cl][Zn+].[Cu]. The summed E-state index contributed by atoms with van der Waals surface area (Å²) in [5.41, 5.74) is 0. The van der Waals surface area contributed by atoms with Gasteiger partial charge in [-0.2, -0.15) is 0 Å². The average Bonchev–Trinajstić information content (AvgIpc) is 2.68. The Labute approximate surface area is 196 Å². The maximum absolute atomic E-state index is 6.25. The normalized spacial score (nSPS) is 7.92. The monoisotopic (exact) mass is 557 g/mol. The molecule has 0 spiro atoms. The van der Waals surface area contributed by atoms with E-state index in [-0.39, 0.29) is 34.7 Å². The molecule has 0 bridgehead atoms. The predicted octanol–water partition coefficient (Wildman–Crippen LogP) is 4.76. The van der Waals surface area contributed by atoms with Crippen LogP contribution in [0, 0.1) is 11.8 Å². The number of nitrogens with zero attached hydrogens (tertiary/aromatic N) is 1. The molecule has 0 fully saturated rings. The number of benzene rings is 2. The number of rotatable bonds is 2. The molecule has 3 radical (unpaired) electrons. The van der Waals surface area contributed by atoms with Gasteiger partial charge in [0.1, 0.15) is 0 Å². The van der Waals surface area contributed by atoms with E-state index in [4.69, 9.17) is 31.2 Å². The first-order chi connectivity index (χ1) is 11.6. The molecule has 0 N–H and O–H groups in total. The first-order valence-corrected chi connectivity index (χ1v) is 19.9. The van der Waals surface area contributed by atoms with Crippen molar-refractivity contribution in [1.29, 1.82) is 5.26 Å². The van der Waals surface area contributed by atoms with Crippen molar-refractivity contribution in [1.82, 2.24) is 0 Å². The molecule has 0 atom stereocenters. The van der Waals surface area contributed by atoms with Crippen LogP contribution in [0.15, 0.2) is 60.7 Å². The van der Waals surface area contributed by atoms with Gasteiger partial charge in [-0.25, -0.2) is 0 Å². The molecule has 0 aliphatic heterocycles. The molecule has 2 aromatic rings. The van der Waals surface area contributed by atoms with Crippen molar-refractivity contribution in [3.8, 4) is 0 Å². The molecule has 0 aromatic heterocycles. The average molecular weight is 562 g/mol. The van der Waals surface area contributed by atoms with Crippen LogP contribution in [0.25, 0.3) is 0 Å². The fourth-order valence-corrected chi connectivity index (χ4v) is 3.26. The second kappa shape index (κ2) is 26.9. The van der Waals surface area contributed by atoms with Gasteiger partial charge >= 0.3 is 54.0 Å². The third kappa shape index (κ3) is 20.9. The second-order valence-electron chi connectivity index (χ2n) is 4.73. The molecule has 25 heavy (non-hydrogen) atoms. The number of hydrogen-bond donors (Lipinski definition) is 0. The van der Waals surface area contributed by atoms with Crippen molar-refractivity contribution < 1.29 is 51.7 Å². The summed E-state index contributed by atoms with van der Waals surface area (Å²) in [6.45, 7) is 14.0. The molecule has 0 unspecified atom stereocenters. The molecule has 8 heteroatoms. The van der Waals surface area contributed by atoms with E-state index in [0.29, 0.717) is 0 Å². The summed E-state index contributed by atoms with van der Waals surface area (Å²) in [6.07, 6.45) is 0. The molecule has 0 amide bonds. The van der Waals surface area contributed by atoms with Gasteiger partial charge in [-0.15, -0.1) is 0 Å². The van der Waals surface area contributed by atoms with Gasteiger partial charge in [0, 0.05) is 17.1 Å². The van der Waals surface area contributed by atoms with Gasteiger partial charge in [0.05, 0.1) is 17.6 Å². The van der Waals surface area contributed by atoms with Gasteiger partial charge in [-0.3, -0.25) is 0 Å². The molecule has 0 saturated carbocycles. The fraction of sp³-hybridized carbons (Fsp3) is 0.235. The minimum atomic E-state index is -0.212. The summed E-state index contributed by atoms with van der Waals surface area (Å²) in [5, 5.41) is 9.28. The minimum Gasteiger partial charge on any atom is 0 e. The van der Waals surface area contributed by atoms with Crippen LogP contribution in [0.5, 0.6) is 0 Å². The van der Waals surface area contributed by atoms with E-state index in [1.807, 2.05) is 0 Å². The molecule has 0 aliphatic rings. The van der Waals surface area contributed by atoms with Crippen molar-refractivity contribution in [2.24, 2.45) is 0 Å². The first-order valence-electron chi connectivity index (χ1n) is 7.08. The Morgan fingerprint density at radius 2 is 0.840 bits per heavy atom. The molecule has 0 heterocycles. The van der Waals surface area contributed by atoms with Crippen LogP contribution in [0.2, 0.25) is 26.2 Å². The fourth-order valence-electron chi connectivity index (χ4n) is 1.54. The standard InChI is InChI=1S/2C8H11Si.CN.2ClH.Cu.2Zn/c2*1-9(2)8-6-4-3-5-7-8;1-2;;;;;/h2*3-7H,1-2H3;;2*1H;;;/q;;-1;;;;2*+2/p-2. The Balaban J connectivity index is -0.000000132. The van der Waals surface area contributed by atoms with Crippen LogP contribution < -0.4 is 10.4 Å². The zero-order chi connectivity index (χ0) is 19.4. The first kappa shape index (κ1) is 33.3. The summed E-state index contributed by atoms with van der Waals surface area (Å²) >= 11 is 1.69. The molecule has 1 nitrogen and oxygen atoms in total. The summed E-state index contributed by atoms with van der Waals surface area (Å²) in [5.74, 6) is 0. The Hall–Kier alpha value is 0.710. The van der Waals surface area contributed by atoms with E-state index in [1.165, 1.54) is 10.4 Å². The van der Waals surface area contributed by atoms with Crippen molar-refractivity contribution in [3.05, 3.63) is 67.2 Å². The molecule has 0 saturated heterocycles. The zero-order valence-electron chi connectivity index (χ0n) is 15.2. The third-order valence-corrected chi connectivity index (χ3v) is 5.68. The summed E-state index contributed by atoms with van der Waals surface area (Å²) in [4.78, 5) is 0. The van der Waals surface area contributed by atoms with Gasteiger partial charge < -0.3 is 11.8 Å². The Morgan fingerprint density at radius 1 is 0.640 bits per heavy atom. The molecule has 2 aromatic carbocycles. The van der Waals surface area contributed by atoms with E-state index in [2.05, 4.69) is 86.9 Å². The van der Waals surface area contributed by atoms with Crippen LogP contribution in [0.3, 0.4) is 0 Å². The van der Waals surface area contributed by atoms with Gasteiger partial charge in [-0.1, -0.05) is 97.2 Å². The van der Waals surface area contributed by atoms with E-state index in [1.54, 1.807) is 0 Å². The van der Waals surface area contributed by atoms with Gasteiger partial charge in [-0.05, 0) is 0 Å². The van der Waals surface area contributed by atoms with Crippen LogP contribution in [-0.2, 0) is 51.7 Å². The van der Waals surface area contributed by atoms with E-state index < -0.39 is 0 Å². The van der Waals surface area contributed by atoms with Crippen LogP contribution >= 0.6 is 19.4 Å². The van der Waals surface area contributed by atoms with Gasteiger partial charge in [0.25, 0.3) is 0 Å². The summed E-state index contributed by atoms with van der Waals surface area (Å²) in [6, 6.07) is 21.4. The van der Waals surface area contributed by atoms with Crippen LogP contribution in [0.4, 0.5) is 0 Å². The molecule has 0 aliphatic carbocycles. The van der Waals surface area contributed by atoms with Crippen molar-refractivity contribution in [2.75, 3.05) is 0 Å². The van der Waals surface area contributed by atoms with E-state index in [9.17, 15) is 0 Å². The van der Waals surface area contributed by atoms with E-state index >= 15 is 0 Å². The summed E-state index contributed by atoms with van der Waals surface area (Å²) in [7, 11) is 9.10. The maximum atomic E-state index is 6.25. The van der Waals surface area contributed by atoms with E-state index in [0.717, 1.165) is 34.6 Å².